The van der Waals surface area contributed by atoms with E-state index in [2.05, 4.69) is 36.1 Å². The maximum absolute atomic E-state index is 5.96. The largest absolute Gasteiger partial charge is 0.467 e. The SMILES string of the molecule is COc1ncc(Cl)c(NC(C)C(C)C)n1. The van der Waals surface area contributed by atoms with E-state index in [-0.39, 0.29) is 0 Å². The van der Waals surface area contributed by atoms with E-state index in [1.165, 1.54) is 13.3 Å². The number of methoxy groups -OCH3 is 1. The lowest BCUT2D eigenvalue weighted by molar-refractivity contribution is 0.380. The van der Waals surface area contributed by atoms with E-state index >= 15 is 0 Å². The van der Waals surface area contributed by atoms with Crippen molar-refractivity contribution in [3.8, 4) is 6.01 Å². The second-order valence-electron chi connectivity index (χ2n) is 3.73. The molecule has 0 radical (unpaired) electrons. The molecule has 1 atom stereocenters. The van der Waals surface area contributed by atoms with Crippen molar-refractivity contribution in [3.05, 3.63) is 11.2 Å². The number of nitrogens with zero attached hydrogens (tertiary/aromatic N) is 2. The molecule has 0 amide bonds. The van der Waals surface area contributed by atoms with Crippen LogP contribution in [-0.4, -0.2) is 23.1 Å². The van der Waals surface area contributed by atoms with Crippen molar-refractivity contribution in [1.29, 1.82) is 0 Å². The van der Waals surface area contributed by atoms with Gasteiger partial charge in [-0.2, -0.15) is 4.98 Å². The lowest BCUT2D eigenvalue weighted by Gasteiger charge is -2.18. The zero-order valence-electron chi connectivity index (χ0n) is 9.41. The minimum Gasteiger partial charge on any atom is -0.467 e. The molecule has 1 aromatic heterocycles. The summed E-state index contributed by atoms with van der Waals surface area (Å²) in [5.41, 5.74) is 0. The van der Waals surface area contributed by atoms with Gasteiger partial charge in [0, 0.05) is 6.04 Å². The van der Waals surface area contributed by atoms with Crippen molar-refractivity contribution < 1.29 is 4.74 Å². The highest BCUT2D eigenvalue weighted by Crippen LogP contribution is 2.21. The van der Waals surface area contributed by atoms with Gasteiger partial charge in [0.15, 0.2) is 5.82 Å². The summed E-state index contributed by atoms with van der Waals surface area (Å²) in [5, 5.41) is 3.72. The normalized spacial score (nSPS) is 12.7. The summed E-state index contributed by atoms with van der Waals surface area (Å²) in [6.07, 6.45) is 1.53. The van der Waals surface area contributed by atoms with Crippen molar-refractivity contribution in [2.45, 2.75) is 26.8 Å². The van der Waals surface area contributed by atoms with Crippen molar-refractivity contribution in [2.24, 2.45) is 5.92 Å². The van der Waals surface area contributed by atoms with E-state index < -0.39 is 0 Å². The van der Waals surface area contributed by atoms with Crippen LogP contribution in [0.2, 0.25) is 5.02 Å². The second kappa shape index (κ2) is 5.16. The van der Waals surface area contributed by atoms with Crippen LogP contribution in [0, 0.1) is 5.92 Å². The number of nitrogens with one attached hydrogen (secondary N) is 1. The monoisotopic (exact) mass is 229 g/mol. The molecule has 0 aromatic carbocycles. The van der Waals surface area contributed by atoms with E-state index in [0.717, 1.165) is 0 Å². The predicted octanol–water partition coefficient (Wildman–Crippen LogP) is 2.60. The topological polar surface area (TPSA) is 47.0 Å². The summed E-state index contributed by atoms with van der Waals surface area (Å²) in [5.74, 6) is 1.12. The minimum atomic E-state index is 0.294. The van der Waals surface area contributed by atoms with Gasteiger partial charge in [-0.25, -0.2) is 4.98 Å². The molecular weight excluding hydrogens is 214 g/mol. The molecule has 0 bridgehead atoms. The molecule has 5 heteroatoms. The van der Waals surface area contributed by atoms with Gasteiger partial charge >= 0.3 is 6.01 Å². The van der Waals surface area contributed by atoms with Gasteiger partial charge < -0.3 is 10.1 Å². The van der Waals surface area contributed by atoms with Gasteiger partial charge in [-0.1, -0.05) is 25.4 Å². The Kier molecular flexibility index (Phi) is 4.15. The molecule has 1 heterocycles. The van der Waals surface area contributed by atoms with E-state index in [1.807, 2.05) is 0 Å². The molecule has 0 aliphatic rings. The average molecular weight is 230 g/mol. The van der Waals surface area contributed by atoms with Crippen LogP contribution in [-0.2, 0) is 0 Å². The molecule has 0 aliphatic carbocycles. The van der Waals surface area contributed by atoms with Gasteiger partial charge in [0.1, 0.15) is 5.02 Å². The fourth-order valence-corrected chi connectivity index (χ4v) is 1.08. The summed E-state index contributed by atoms with van der Waals surface area (Å²) in [4.78, 5) is 8.04. The lowest BCUT2D eigenvalue weighted by atomic mass is 10.1. The Bertz CT molecular complexity index is 330. The maximum Gasteiger partial charge on any atom is 0.318 e. The molecule has 1 aromatic rings. The number of ether oxygens (including phenoxy) is 1. The molecule has 1 rings (SSSR count). The van der Waals surface area contributed by atoms with E-state index in [4.69, 9.17) is 16.3 Å². The first kappa shape index (κ1) is 12.0. The number of aromatic nitrogens is 2. The number of anilines is 1. The van der Waals surface area contributed by atoms with Crippen LogP contribution < -0.4 is 10.1 Å². The van der Waals surface area contributed by atoms with Gasteiger partial charge in [0.25, 0.3) is 0 Å². The Morgan fingerprint density at radius 2 is 2.07 bits per heavy atom. The van der Waals surface area contributed by atoms with Crippen LogP contribution in [0.25, 0.3) is 0 Å². The number of hydrogen-bond acceptors (Lipinski definition) is 4. The summed E-state index contributed by atoms with van der Waals surface area (Å²) < 4.78 is 4.93. The van der Waals surface area contributed by atoms with Gasteiger partial charge in [0.05, 0.1) is 13.3 Å². The Morgan fingerprint density at radius 1 is 1.40 bits per heavy atom. The first-order valence-corrected chi connectivity index (χ1v) is 5.25. The molecule has 1 N–H and O–H groups in total. The smallest absolute Gasteiger partial charge is 0.318 e. The molecule has 0 aliphatic heterocycles. The van der Waals surface area contributed by atoms with Gasteiger partial charge in [-0.3, -0.25) is 0 Å². The number of rotatable bonds is 4. The van der Waals surface area contributed by atoms with E-state index in [1.54, 1.807) is 0 Å². The lowest BCUT2D eigenvalue weighted by Crippen LogP contribution is -2.22. The molecule has 4 nitrogen and oxygen atoms in total. The van der Waals surface area contributed by atoms with E-state index in [9.17, 15) is 0 Å². The van der Waals surface area contributed by atoms with Crippen molar-refractivity contribution in [2.75, 3.05) is 12.4 Å². The van der Waals surface area contributed by atoms with Crippen LogP contribution >= 0.6 is 11.6 Å². The summed E-state index contributed by atoms with van der Waals surface area (Å²) in [6, 6.07) is 0.611. The van der Waals surface area contributed by atoms with Crippen LogP contribution in [0.1, 0.15) is 20.8 Å². The molecular formula is C10H16ClN3O. The highest BCUT2D eigenvalue weighted by atomic mass is 35.5. The Morgan fingerprint density at radius 3 is 2.60 bits per heavy atom. The van der Waals surface area contributed by atoms with Gasteiger partial charge in [-0.05, 0) is 12.8 Å². The second-order valence-corrected chi connectivity index (χ2v) is 4.14. The summed E-state index contributed by atoms with van der Waals surface area (Å²) >= 11 is 5.96. The van der Waals surface area contributed by atoms with Crippen LogP contribution in [0.5, 0.6) is 6.01 Å². The van der Waals surface area contributed by atoms with Crippen molar-refractivity contribution >= 4 is 17.4 Å². The first-order chi connectivity index (χ1) is 7.04. The average Bonchev–Trinajstić information content (AvgIpc) is 2.21. The Hall–Kier alpha value is -1.03. The highest BCUT2D eigenvalue weighted by Gasteiger charge is 2.11. The Balaban J connectivity index is 2.83. The molecule has 0 saturated carbocycles. The van der Waals surface area contributed by atoms with Crippen LogP contribution in [0.4, 0.5) is 5.82 Å². The van der Waals surface area contributed by atoms with Crippen molar-refractivity contribution in [3.63, 3.8) is 0 Å². The zero-order chi connectivity index (χ0) is 11.4. The molecule has 0 fully saturated rings. The third-order valence-electron chi connectivity index (χ3n) is 2.27. The van der Waals surface area contributed by atoms with E-state index in [0.29, 0.717) is 28.8 Å². The maximum atomic E-state index is 5.96. The zero-order valence-corrected chi connectivity index (χ0v) is 10.2. The minimum absolute atomic E-state index is 0.294. The molecule has 0 saturated heterocycles. The third-order valence-corrected chi connectivity index (χ3v) is 2.55. The fraction of sp³-hybridized carbons (Fsp3) is 0.600. The number of hydrogen-bond donors (Lipinski definition) is 1. The number of halogens is 1. The fourth-order valence-electron chi connectivity index (χ4n) is 0.933. The Labute approximate surface area is 95.0 Å². The van der Waals surface area contributed by atoms with Gasteiger partial charge in [0.2, 0.25) is 0 Å². The van der Waals surface area contributed by atoms with Crippen LogP contribution in [0.3, 0.4) is 0 Å². The molecule has 0 spiro atoms. The van der Waals surface area contributed by atoms with Crippen LogP contribution in [0.15, 0.2) is 6.20 Å². The molecule has 84 valence electrons. The molecule has 15 heavy (non-hydrogen) atoms. The summed E-state index contributed by atoms with van der Waals surface area (Å²) in [6.45, 7) is 6.34. The quantitative estimate of drug-likeness (QED) is 0.862. The first-order valence-electron chi connectivity index (χ1n) is 4.87. The molecule has 1 unspecified atom stereocenters. The van der Waals surface area contributed by atoms with Gasteiger partial charge in [-0.15, -0.1) is 0 Å². The predicted molar refractivity (Wildman–Crippen MR) is 61.5 cm³/mol. The highest BCUT2D eigenvalue weighted by molar-refractivity contribution is 6.32. The third kappa shape index (κ3) is 3.23. The van der Waals surface area contributed by atoms with Crippen molar-refractivity contribution in [1.82, 2.24) is 9.97 Å². The standard InChI is InChI=1S/C10H16ClN3O/c1-6(2)7(3)13-9-8(11)5-12-10(14-9)15-4/h5-7H,1-4H3,(H,12,13,14). The summed E-state index contributed by atoms with van der Waals surface area (Å²) in [7, 11) is 1.53.